The van der Waals surface area contributed by atoms with Gasteiger partial charge in [-0.25, -0.2) is 8.78 Å². The van der Waals surface area contributed by atoms with Crippen LogP contribution in [-0.2, 0) is 0 Å². The smallest absolute Gasteiger partial charge is 0.133 e. The minimum absolute atomic E-state index is 0.0926. The molecule has 1 unspecified atom stereocenters. The SMILES string of the molecule is Fc1cccc(F)c1C1=CC(Cl)CCCC1. The van der Waals surface area contributed by atoms with Gasteiger partial charge in [0.2, 0.25) is 0 Å². The number of halogens is 3. The molecule has 0 N–H and O–H groups in total. The second kappa shape index (κ2) is 4.96. The van der Waals surface area contributed by atoms with Gasteiger partial charge in [0.15, 0.2) is 0 Å². The van der Waals surface area contributed by atoms with Crippen molar-refractivity contribution < 1.29 is 8.78 Å². The van der Waals surface area contributed by atoms with Crippen LogP contribution in [0.15, 0.2) is 24.3 Å². The maximum atomic E-state index is 13.6. The molecule has 2 rings (SSSR count). The molecule has 0 fully saturated rings. The van der Waals surface area contributed by atoms with Crippen molar-refractivity contribution in [3.63, 3.8) is 0 Å². The standard InChI is InChI=1S/C13H13ClF2/c14-10-5-2-1-4-9(8-10)13-11(15)6-3-7-12(13)16/h3,6-8,10H,1-2,4-5H2. The van der Waals surface area contributed by atoms with E-state index in [2.05, 4.69) is 0 Å². The predicted molar refractivity (Wildman–Crippen MR) is 62.4 cm³/mol. The van der Waals surface area contributed by atoms with Crippen molar-refractivity contribution in [2.75, 3.05) is 0 Å². The van der Waals surface area contributed by atoms with E-state index in [4.69, 9.17) is 11.6 Å². The lowest BCUT2D eigenvalue weighted by molar-refractivity contribution is 0.575. The largest absolute Gasteiger partial charge is 0.206 e. The van der Waals surface area contributed by atoms with E-state index in [-0.39, 0.29) is 10.9 Å². The fourth-order valence-corrected chi connectivity index (χ4v) is 2.36. The molecule has 0 spiro atoms. The first kappa shape index (κ1) is 11.6. The zero-order valence-corrected chi connectivity index (χ0v) is 9.61. The van der Waals surface area contributed by atoms with Gasteiger partial charge >= 0.3 is 0 Å². The van der Waals surface area contributed by atoms with Crippen LogP contribution in [0.4, 0.5) is 8.78 Å². The number of allylic oxidation sites excluding steroid dienone is 2. The third-order valence-electron chi connectivity index (χ3n) is 2.84. The van der Waals surface area contributed by atoms with Crippen LogP contribution in [0.2, 0.25) is 0 Å². The summed E-state index contributed by atoms with van der Waals surface area (Å²) in [4.78, 5) is 0. The maximum absolute atomic E-state index is 13.6. The van der Waals surface area contributed by atoms with Crippen molar-refractivity contribution in [2.24, 2.45) is 0 Å². The summed E-state index contributed by atoms with van der Waals surface area (Å²) in [6, 6.07) is 3.95. The highest BCUT2D eigenvalue weighted by molar-refractivity contribution is 6.22. The zero-order valence-electron chi connectivity index (χ0n) is 8.85. The van der Waals surface area contributed by atoms with E-state index in [9.17, 15) is 8.78 Å². The van der Waals surface area contributed by atoms with Crippen molar-refractivity contribution in [3.8, 4) is 0 Å². The highest BCUT2D eigenvalue weighted by atomic mass is 35.5. The van der Waals surface area contributed by atoms with Crippen LogP contribution < -0.4 is 0 Å². The van der Waals surface area contributed by atoms with Crippen LogP contribution in [0.3, 0.4) is 0 Å². The van der Waals surface area contributed by atoms with E-state index in [0.29, 0.717) is 12.0 Å². The number of alkyl halides is 1. The highest BCUT2D eigenvalue weighted by Gasteiger charge is 2.17. The molecule has 1 aliphatic rings. The molecular formula is C13H13ClF2. The molecule has 0 aromatic heterocycles. The molecule has 0 saturated heterocycles. The molecule has 0 bridgehead atoms. The fraction of sp³-hybridized carbons (Fsp3) is 0.385. The Balaban J connectivity index is 2.42. The quantitative estimate of drug-likeness (QED) is 0.635. The molecule has 0 aliphatic heterocycles. The first-order valence-corrected chi connectivity index (χ1v) is 5.91. The third-order valence-corrected chi connectivity index (χ3v) is 3.19. The molecule has 0 heterocycles. The summed E-state index contributed by atoms with van der Waals surface area (Å²) in [7, 11) is 0. The Morgan fingerprint density at radius 2 is 1.81 bits per heavy atom. The fourth-order valence-electron chi connectivity index (χ4n) is 2.05. The van der Waals surface area contributed by atoms with Crippen molar-refractivity contribution in [1.29, 1.82) is 0 Å². The Labute approximate surface area is 98.9 Å². The van der Waals surface area contributed by atoms with Gasteiger partial charge in [0.05, 0.1) is 5.38 Å². The summed E-state index contributed by atoms with van der Waals surface area (Å²) in [5.41, 5.74) is 0.795. The van der Waals surface area contributed by atoms with Crippen LogP contribution in [-0.4, -0.2) is 5.38 Å². The second-order valence-corrected chi connectivity index (χ2v) is 4.61. The molecule has 0 amide bonds. The van der Waals surface area contributed by atoms with Crippen LogP contribution in [0.5, 0.6) is 0 Å². The number of hydrogen-bond donors (Lipinski definition) is 0. The summed E-state index contributed by atoms with van der Waals surface area (Å²) in [5.74, 6) is -1.01. The first-order valence-electron chi connectivity index (χ1n) is 5.47. The van der Waals surface area contributed by atoms with E-state index in [0.717, 1.165) is 19.3 Å². The molecule has 0 radical (unpaired) electrons. The molecule has 1 aromatic carbocycles. The van der Waals surface area contributed by atoms with Gasteiger partial charge in [-0.1, -0.05) is 18.6 Å². The van der Waals surface area contributed by atoms with Gasteiger partial charge in [-0.2, -0.15) is 0 Å². The van der Waals surface area contributed by atoms with Gasteiger partial charge in [-0.05, 0) is 37.0 Å². The summed E-state index contributed by atoms with van der Waals surface area (Å²) in [6.45, 7) is 0. The molecule has 16 heavy (non-hydrogen) atoms. The molecule has 86 valence electrons. The summed E-state index contributed by atoms with van der Waals surface area (Å²) < 4.78 is 27.1. The zero-order chi connectivity index (χ0) is 11.5. The Hall–Kier alpha value is -0.890. The van der Waals surface area contributed by atoms with Gasteiger partial charge < -0.3 is 0 Å². The second-order valence-electron chi connectivity index (χ2n) is 4.05. The lowest BCUT2D eigenvalue weighted by Crippen LogP contribution is -1.96. The van der Waals surface area contributed by atoms with Gasteiger partial charge in [0.25, 0.3) is 0 Å². The third kappa shape index (κ3) is 2.43. The average molecular weight is 243 g/mol. The Kier molecular flexibility index (Phi) is 3.59. The Bertz CT molecular complexity index is 392. The Morgan fingerprint density at radius 3 is 2.50 bits per heavy atom. The van der Waals surface area contributed by atoms with Crippen LogP contribution >= 0.6 is 11.6 Å². The van der Waals surface area contributed by atoms with Crippen molar-refractivity contribution in [2.45, 2.75) is 31.1 Å². The van der Waals surface area contributed by atoms with Crippen LogP contribution in [0.25, 0.3) is 5.57 Å². The molecule has 1 atom stereocenters. The van der Waals surface area contributed by atoms with Crippen molar-refractivity contribution in [3.05, 3.63) is 41.5 Å². The molecule has 1 aromatic rings. The summed E-state index contributed by atoms with van der Waals surface area (Å²) in [6.07, 6.45) is 5.30. The van der Waals surface area contributed by atoms with E-state index in [1.807, 2.05) is 0 Å². The van der Waals surface area contributed by atoms with Crippen molar-refractivity contribution in [1.82, 2.24) is 0 Å². The molecular weight excluding hydrogens is 230 g/mol. The van der Waals surface area contributed by atoms with E-state index in [1.165, 1.54) is 18.2 Å². The number of rotatable bonds is 1. The number of benzene rings is 1. The number of hydrogen-bond acceptors (Lipinski definition) is 0. The summed E-state index contributed by atoms with van der Waals surface area (Å²) in [5, 5.41) is -0.114. The summed E-state index contributed by atoms with van der Waals surface area (Å²) >= 11 is 6.05. The minimum atomic E-state index is -0.503. The van der Waals surface area contributed by atoms with E-state index >= 15 is 0 Å². The van der Waals surface area contributed by atoms with Crippen LogP contribution in [0.1, 0.15) is 31.2 Å². The molecule has 3 heteroatoms. The predicted octanol–water partition coefficient (Wildman–Crippen LogP) is 4.53. The molecule has 1 aliphatic carbocycles. The topological polar surface area (TPSA) is 0 Å². The monoisotopic (exact) mass is 242 g/mol. The van der Waals surface area contributed by atoms with Crippen LogP contribution in [0, 0.1) is 11.6 Å². The highest BCUT2D eigenvalue weighted by Crippen LogP contribution is 2.31. The van der Waals surface area contributed by atoms with Gasteiger partial charge in [-0.3, -0.25) is 0 Å². The van der Waals surface area contributed by atoms with Gasteiger partial charge in [0.1, 0.15) is 11.6 Å². The lowest BCUT2D eigenvalue weighted by atomic mass is 10.0. The Morgan fingerprint density at radius 1 is 1.12 bits per heavy atom. The first-order chi connectivity index (χ1) is 7.68. The van der Waals surface area contributed by atoms with Gasteiger partial charge in [-0.15, -0.1) is 11.6 Å². The van der Waals surface area contributed by atoms with Crippen molar-refractivity contribution >= 4 is 17.2 Å². The average Bonchev–Trinajstić information content (AvgIpc) is 2.43. The minimum Gasteiger partial charge on any atom is -0.206 e. The lowest BCUT2D eigenvalue weighted by Gasteiger charge is -2.08. The molecule has 0 nitrogen and oxygen atoms in total. The van der Waals surface area contributed by atoms with E-state index in [1.54, 1.807) is 6.08 Å². The molecule has 0 saturated carbocycles. The normalized spacial score (nSPS) is 21.4. The van der Waals surface area contributed by atoms with E-state index < -0.39 is 11.6 Å². The van der Waals surface area contributed by atoms with Gasteiger partial charge in [0, 0.05) is 5.56 Å². The maximum Gasteiger partial charge on any atom is 0.133 e.